The van der Waals surface area contributed by atoms with E-state index in [9.17, 15) is 37.1 Å². The zero-order valence-corrected chi connectivity index (χ0v) is 18.3. The van der Waals surface area contributed by atoms with Crippen LogP contribution in [0.2, 0.25) is 0 Å². The summed E-state index contributed by atoms with van der Waals surface area (Å²) in [6.07, 6.45) is 0.330. The first kappa shape index (κ1) is 25.3. The number of hydrogen-bond donors (Lipinski definition) is 3. The average Bonchev–Trinajstić information content (AvgIpc) is 2.75. The molecular weight excluding hydrogens is 466 g/mol. The second-order valence-corrected chi connectivity index (χ2v) is 9.82. The summed E-state index contributed by atoms with van der Waals surface area (Å²) in [6.45, 7) is 0.475. The number of rotatable bonds is 13. The first-order chi connectivity index (χ1) is 15.1. The Balaban J connectivity index is 1.75. The summed E-state index contributed by atoms with van der Waals surface area (Å²) in [5.74, 6) is 0. The molecule has 0 aromatic heterocycles. The van der Waals surface area contributed by atoms with Gasteiger partial charge in [-0.25, -0.2) is 26.3 Å². The molecular formula is C17H21N5O8S2. The van der Waals surface area contributed by atoms with Crippen LogP contribution in [-0.4, -0.2) is 52.9 Å². The van der Waals surface area contributed by atoms with Crippen molar-refractivity contribution in [1.82, 2.24) is 14.8 Å². The van der Waals surface area contributed by atoms with Gasteiger partial charge in [0, 0.05) is 31.8 Å². The number of nitrogens with zero attached hydrogens (tertiary/aromatic N) is 2. The van der Waals surface area contributed by atoms with Crippen LogP contribution in [0.1, 0.15) is 6.42 Å². The van der Waals surface area contributed by atoms with Gasteiger partial charge >= 0.3 is 0 Å². The molecule has 174 valence electrons. The molecule has 0 aliphatic rings. The van der Waals surface area contributed by atoms with Crippen molar-refractivity contribution in [3.63, 3.8) is 0 Å². The summed E-state index contributed by atoms with van der Waals surface area (Å²) in [4.78, 5) is 19.5. The topological polar surface area (TPSA) is 191 Å². The Bertz CT molecular complexity index is 1090. The minimum Gasteiger partial charge on any atom is -0.315 e. The van der Waals surface area contributed by atoms with Crippen molar-refractivity contribution in [3.05, 3.63) is 68.8 Å². The molecule has 0 aliphatic heterocycles. The highest BCUT2D eigenvalue weighted by Gasteiger charge is 2.25. The Hall–Kier alpha value is -2.98. The van der Waals surface area contributed by atoms with E-state index in [4.69, 9.17) is 0 Å². The van der Waals surface area contributed by atoms with Crippen molar-refractivity contribution in [2.45, 2.75) is 16.2 Å². The fourth-order valence-corrected chi connectivity index (χ4v) is 5.09. The Morgan fingerprint density at radius 1 is 0.656 bits per heavy atom. The normalized spacial score (nSPS) is 11.9. The van der Waals surface area contributed by atoms with Gasteiger partial charge in [-0.3, -0.25) is 20.2 Å². The predicted octanol–water partition coefficient (Wildman–Crippen LogP) is 0.740. The molecule has 0 spiro atoms. The monoisotopic (exact) mass is 487 g/mol. The van der Waals surface area contributed by atoms with Crippen molar-refractivity contribution < 1.29 is 26.7 Å². The van der Waals surface area contributed by atoms with Gasteiger partial charge in [0.05, 0.1) is 9.85 Å². The van der Waals surface area contributed by atoms with Crippen LogP contribution in [0.5, 0.6) is 0 Å². The fraction of sp³-hybridized carbons (Fsp3) is 0.294. The van der Waals surface area contributed by atoms with Crippen molar-refractivity contribution in [2.24, 2.45) is 0 Å². The molecule has 2 aromatic carbocycles. The van der Waals surface area contributed by atoms with Crippen LogP contribution in [0.4, 0.5) is 11.4 Å². The van der Waals surface area contributed by atoms with E-state index in [2.05, 4.69) is 14.8 Å². The summed E-state index contributed by atoms with van der Waals surface area (Å²) in [6, 6.07) is 9.96. The Kier molecular flexibility index (Phi) is 8.73. The highest BCUT2D eigenvalue weighted by molar-refractivity contribution is 7.90. The van der Waals surface area contributed by atoms with Crippen molar-refractivity contribution in [2.75, 3.05) is 26.2 Å². The zero-order valence-electron chi connectivity index (χ0n) is 16.6. The Labute approximate surface area is 184 Å². The molecule has 32 heavy (non-hydrogen) atoms. The molecule has 0 radical (unpaired) electrons. The first-order valence-corrected chi connectivity index (χ1v) is 12.2. The SMILES string of the molecule is O=[N+]([O-])c1ccccc1S(=O)(=O)NCCCNCCNS(=O)(=O)c1ccccc1[N+](=O)[O-]. The summed E-state index contributed by atoms with van der Waals surface area (Å²) in [5.41, 5.74) is -1.05. The van der Waals surface area contributed by atoms with E-state index in [0.717, 1.165) is 24.3 Å². The van der Waals surface area contributed by atoms with Gasteiger partial charge in [-0.05, 0) is 25.1 Å². The van der Waals surface area contributed by atoms with E-state index in [0.29, 0.717) is 13.0 Å². The third-order valence-electron chi connectivity index (χ3n) is 4.12. The lowest BCUT2D eigenvalue weighted by Gasteiger charge is -2.09. The van der Waals surface area contributed by atoms with Gasteiger partial charge in [0.2, 0.25) is 20.0 Å². The first-order valence-electron chi connectivity index (χ1n) is 9.23. The summed E-state index contributed by atoms with van der Waals surface area (Å²) >= 11 is 0. The van der Waals surface area contributed by atoms with Crippen molar-refractivity contribution >= 4 is 31.4 Å². The molecule has 0 amide bonds. The molecule has 0 saturated heterocycles. The smallest absolute Gasteiger partial charge is 0.289 e. The number of nitro groups is 2. The number of nitrogens with one attached hydrogen (secondary N) is 3. The molecule has 0 heterocycles. The quantitative estimate of drug-likeness (QED) is 0.208. The van der Waals surface area contributed by atoms with E-state index >= 15 is 0 Å². The molecule has 13 nitrogen and oxygen atoms in total. The van der Waals surface area contributed by atoms with E-state index in [1.54, 1.807) is 0 Å². The third kappa shape index (κ3) is 6.76. The lowest BCUT2D eigenvalue weighted by molar-refractivity contribution is -0.388. The minimum absolute atomic E-state index is 0.00329. The molecule has 0 aliphatic carbocycles. The van der Waals surface area contributed by atoms with Crippen molar-refractivity contribution in [3.8, 4) is 0 Å². The number of para-hydroxylation sites is 2. The second kappa shape index (κ2) is 11.1. The van der Waals surface area contributed by atoms with E-state index in [-0.39, 0.29) is 19.6 Å². The fourth-order valence-electron chi connectivity index (χ4n) is 2.64. The number of benzene rings is 2. The Morgan fingerprint density at radius 3 is 1.56 bits per heavy atom. The number of nitro benzene ring substituents is 2. The van der Waals surface area contributed by atoms with Crippen LogP contribution >= 0.6 is 0 Å². The summed E-state index contributed by atoms with van der Waals surface area (Å²) in [5, 5.41) is 24.9. The average molecular weight is 488 g/mol. The molecule has 0 unspecified atom stereocenters. The number of sulfonamides is 2. The van der Waals surface area contributed by atoms with Crippen LogP contribution in [0.25, 0.3) is 0 Å². The summed E-state index contributed by atoms with van der Waals surface area (Å²) < 4.78 is 53.5. The van der Waals surface area contributed by atoms with E-state index in [1.165, 1.54) is 24.3 Å². The maximum atomic E-state index is 12.3. The molecule has 2 aromatic rings. The highest BCUT2D eigenvalue weighted by Crippen LogP contribution is 2.23. The second-order valence-electron chi connectivity index (χ2n) is 6.35. The van der Waals surface area contributed by atoms with Crippen LogP contribution in [0.15, 0.2) is 58.3 Å². The predicted molar refractivity (Wildman–Crippen MR) is 114 cm³/mol. The lowest BCUT2D eigenvalue weighted by Crippen LogP contribution is -2.33. The minimum atomic E-state index is -4.07. The van der Waals surface area contributed by atoms with Crippen LogP contribution in [0, 0.1) is 20.2 Å². The maximum absolute atomic E-state index is 12.3. The van der Waals surface area contributed by atoms with Gasteiger partial charge in [0.1, 0.15) is 0 Å². The standard InChI is InChI=1S/C17H21N5O8S2/c23-21(24)14-6-1-3-8-16(14)31(27,28)19-11-5-10-18-12-13-20-32(29,30)17-9-4-2-7-15(17)22(25)26/h1-4,6-9,18-20H,5,10-13H2. The van der Waals surface area contributed by atoms with Gasteiger partial charge in [0.15, 0.2) is 9.79 Å². The van der Waals surface area contributed by atoms with Gasteiger partial charge < -0.3 is 5.32 Å². The van der Waals surface area contributed by atoms with Gasteiger partial charge in [0.25, 0.3) is 11.4 Å². The maximum Gasteiger partial charge on any atom is 0.289 e. The number of hydrogen-bond acceptors (Lipinski definition) is 9. The van der Waals surface area contributed by atoms with Crippen LogP contribution in [-0.2, 0) is 20.0 Å². The summed E-state index contributed by atoms with van der Waals surface area (Å²) in [7, 11) is -8.13. The zero-order chi connectivity index (χ0) is 23.8. The molecule has 0 bridgehead atoms. The van der Waals surface area contributed by atoms with Crippen LogP contribution in [0.3, 0.4) is 0 Å². The van der Waals surface area contributed by atoms with E-state index < -0.39 is 51.1 Å². The third-order valence-corrected chi connectivity index (χ3v) is 7.14. The Morgan fingerprint density at radius 2 is 1.09 bits per heavy atom. The molecule has 0 saturated carbocycles. The van der Waals surface area contributed by atoms with Gasteiger partial charge in [-0.15, -0.1) is 0 Å². The van der Waals surface area contributed by atoms with E-state index in [1.807, 2.05) is 0 Å². The van der Waals surface area contributed by atoms with Gasteiger partial charge in [-0.2, -0.15) is 0 Å². The highest BCUT2D eigenvalue weighted by atomic mass is 32.2. The van der Waals surface area contributed by atoms with Gasteiger partial charge in [-0.1, -0.05) is 24.3 Å². The molecule has 2 rings (SSSR count). The molecule has 0 atom stereocenters. The van der Waals surface area contributed by atoms with Crippen molar-refractivity contribution in [1.29, 1.82) is 0 Å². The van der Waals surface area contributed by atoms with Crippen LogP contribution < -0.4 is 14.8 Å². The molecule has 3 N–H and O–H groups in total. The lowest BCUT2D eigenvalue weighted by atomic mass is 10.3. The molecule has 0 fully saturated rings. The largest absolute Gasteiger partial charge is 0.315 e. The molecule has 15 heteroatoms.